The minimum Gasteiger partial charge on any atom is -0.323 e. The molecule has 0 radical (unpaired) electrons. The number of hydrogen-bond donors (Lipinski definition) is 0. The van der Waals surface area contributed by atoms with Gasteiger partial charge in [0.05, 0.1) is 6.61 Å². The van der Waals surface area contributed by atoms with Crippen molar-refractivity contribution in [1.82, 2.24) is 0 Å². The molecule has 0 aromatic heterocycles. The molecule has 10 heavy (non-hydrogen) atoms. The van der Waals surface area contributed by atoms with Crippen LogP contribution >= 0.6 is 0 Å². The van der Waals surface area contributed by atoms with Crippen molar-refractivity contribution >= 4 is 0 Å². The maximum absolute atomic E-state index is 11.4. The van der Waals surface area contributed by atoms with Gasteiger partial charge in [-0.25, -0.2) is 0 Å². The summed E-state index contributed by atoms with van der Waals surface area (Å²) < 4.78 is 26.8. The van der Waals surface area contributed by atoms with Gasteiger partial charge in [0, 0.05) is 0 Å². The van der Waals surface area contributed by atoms with E-state index in [-0.39, 0.29) is 6.61 Å². The van der Waals surface area contributed by atoms with Crippen molar-refractivity contribution in [3.63, 3.8) is 0 Å². The topological polar surface area (TPSA) is 9.23 Å². The van der Waals surface area contributed by atoms with Gasteiger partial charge in [-0.2, -0.15) is 8.78 Å². The molecule has 60 valence electrons. The maximum atomic E-state index is 11.4. The SMILES string of the molecule is FC(F)OCCCC1CC1. The molecule has 0 aromatic carbocycles. The fourth-order valence-corrected chi connectivity index (χ4v) is 0.951. The summed E-state index contributed by atoms with van der Waals surface area (Å²) in [5.74, 6) is 0.821. The van der Waals surface area contributed by atoms with Gasteiger partial charge in [0.1, 0.15) is 0 Å². The summed E-state index contributed by atoms with van der Waals surface area (Å²) >= 11 is 0. The molecule has 1 aliphatic rings. The Balaban J connectivity index is 1.76. The van der Waals surface area contributed by atoms with E-state index in [0.717, 1.165) is 18.8 Å². The first-order valence-corrected chi connectivity index (χ1v) is 3.69. The van der Waals surface area contributed by atoms with Crippen LogP contribution in [0.1, 0.15) is 25.7 Å². The second-order valence-corrected chi connectivity index (χ2v) is 2.72. The van der Waals surface area contributed by atoms with Crippen LogP contribution in [0.3, 0.4) is 0 Å². The van der Waals surface area contributed by atoms with Crippen molar-refractivity contribution < 1.29 is 13.5 Å². The van der Waals surface area contributed by atoms with Crippen molar-refractivity contribution in [3.8, 4) is 0 Å². The van der Waals surface area contributed by atoms with Gasteiger partial charge in [-0.05, 0) is 18.8 Å². The van der Waals surface area contributed by atoms with E-state index in [1.807, 2.05) is 0 Å². The third kappa shape index (κ3) is 3.77. The molecule has 0 unspecified atom stereocenters. The van der Waals surface area contributed by atoms with Crippen LogP contribution in [0, 0.1) is 5.92 Å². The van der Waals surface area contributed by atoms with Gasteiger partial charge in [0.2, 0.25) is 0 Å². The van der Waals surface area contributed by atoms with Crippen LogP contribution in [0.2, 0.25) is 0 Å². The molecule has 0 heterocycles. The molecule has 0 N–H and O–H groups in total. The summed E-state index contributed by atoms with van der Waals surface area (Å²) in [5, 5.41) is 0. The van der Waals surface area contributed by atoms with Crippen molar-refractivity contribution in [2.75, 3.05) is 6.61 Å². The zero-order chi connectivity index (χ0) is 7.40. The van der Waals surface area contributed by atoms with E-state index >= 15 is 0 Å². The number of alkyl halides is 2. The van der Waals surface area contributed by atoms with Gasteiger partial charge in [-0.3, -0.25) is 0 Å². The fourth-order valence-electron chi connectivity index (χ4n) is 0.951. The monoisotopic (exact) mass is 150 g/mol. The molecule has 0 spiro atoms. The lowest BCUT2D eigenvalue weighted by Gasteiger charge is -2.00. The van der Waals surface area contributed by atoms with E-state index in [1.54, 1.807) is 0 Å². The van der Waals surface area contributed by atoms with Crippen molar-refractivity contribution in [2.45, 2.75) is 32.3 Å². The standard InChI is InChI=1S/C7H12F2O/c8-7(9)10-5-1-2-6-3-4-6/h6-7H,1-5H2. The zero-order valence-electron chi connectivity index (χ0n) is 5.85. The molecular formula is C7H12F2O. The Labute approximate surface area is 59.4 Å². The van der Waals surface area contributed by atoms with E-state index in [2.05, 4.69) is 4.74 Å². The van der Waals surface area contributed by atoms with E-state index in [9.17, 15) is 8.78 Å². The summed E-state index contributed by atoms with van der Waals surface area (Å²) in [6.45, 7) is -2.37. The first-order chi connectivity index (χ1) is 4.79. The molecule has 0 saturated heterocycles. The van der Waals surface area contributed by atoms with E-state index in [4.69, 9.17) is 0 Å². The third-order valence-corrected chi connectivity index (χ3v) is 1.70. The van der Waals surface area contributed by atoms with Crippen LogP contribution < -0.4 is 0 Å². The number of hydrogen-bond acceptors (Lipinski definition) is 1. The highest BCUT2D eigenvalue weighted by atomic mass is 19.3. The summed E-state index contributed by atoms with van der Waals surface area (Å²) in [5.41, 5.74) is 0. The normalized spacial score (nSPS) is 18.3. The summed E-state index contributed by atoms with van der Waals surface area (Å²) in [7, 11) is 0. The van der Waals surface area contributed by atoms with E-state index < -0.39 is 6.61 Å². The second kappa shape index (κ2) is 3.86. The first-order valence-electron chi connectivity index (χ1n) is 3.69. The average molecular weight is 150 g/mol. The summed E-state index contributed by atoms with van der Waals surface area (Å²) in [4.78, 5) is 0. The molecule has 1 nitrogen and oxygen atoms in total. The highest BCUT2D eigenvalue weighted by Crippen LogP contribution is 2.33. The molecule has 1 aliphatic carbocycles. The molecule has 0 aromatic rings. The zero-order valence-corrected chi connectivity index (χ0v) is 5.85. The lowest BCUT2D eigenvalue weighted by Crippen LogP contribution is -2.00. The predicted octanol–water partition coefficient (Wildman–Crippen LogP) is 2.42. The third-order valence-electron chi connectivity index (χ3n) is 1.70. The maximum Gasteiger partial charge on any atom is 0.345 e. The number of rotatable bonds is 5. The molecule has 1 rings (SSSR count). The number of halogens is 2. The molecule has 0 atom stereocenters. The van der Waals surface area contributed by atoms with Crippen LogP contribution in [-0.2, 0) is 4.74 Å². The molecular weight excluding hydrogens is 138 g/mol. The largest absolute Gasteiger partial charge is 0.345 e. The van der Waals surface area contributed by atoms with E-state index in [1.165, 1.54) is 12.8 Å². The van der Waals surface area contributed by atoms with Gasteiger partial charge in [-0.1, -0.05) is 12.8 Å². The van der Waals surface area contributed by atoms with Gasteiger partial charge < -0.3 is 4.74 Å². The van der Waals surface area contributed by atoms with E-state index in [0.29, 0.717) is 0 Å². The first kappa shape index (κ1) is 7.92. The lowest BCUT2D eigenvalue weighted by atomic mass is 10.2. The number of ether oxygens (including phenoxy) is 1. The Kier molecular flexibility index (Phi) is 3.06. The van der Waals surface area contributed by atoms with Gasteiger partial charge in [-0.15, -0.1) is 0 Å². The van der Waals surface area contributed by atoms with Gasteiger partial charge >= 0.3 is 6.61 Å². The van der Waals surface area contributed by atoms with Crippen molar-refractivity contribution in [2.24, 2.45) is 5.92 Å². The van der Waals surface area contributed by atoms with Gasteiger partial charge in [0.25, 0.3) is 0 Å². The second-order valence-electron chi connectivity index (χ2n) is 2.72. The van der Waals surface area contributed by atoms with Crippen LogP contribution in [0.4, 0.5) is 8.78 Å². The Morgan fingerprint density at radius 2 is 2.10 bits per heavy atom. The molecule has 1 saturated carbocycles. The lowest BCUT2D eigenvalue weighted by molar-refractivity contribution is -0.129. The molecule has 0 aliphatic heterocycles. The average Bonchev–Trinajstić information content (AvgIpc) is 2.62. The highest BCUT2D eigenvalue weighted by Gasteiger charge is 2.20. The van der Waals surface area contributed by atoms with Gasteiger partial charge in [0.15, 0.2) is 0 Å². The molecule has 0 amide bonds. The summed E-state index contributed by atoms with van der Waals surface area (Å²) in [6, 6.07) is 0. The van der Waals surface area contributed by atoms with Crippen LogP contribution in [0.5, 0.6) is 0 Å². The predicted molar refractivity (Wildman–Crippen MR) is 33.9 cm³/mol. The Morgan fingerprint density at radius 1 is 1.40 bits per heavy atom. The van der Waals surface area contributed by atoms with Crippen LogP contribution in [-0.4, -0.2) is 13.2 Å². The quantitative estimate of drug-likeness (QED) is 0.547. The molecule has 1 fully saturated rings. The molecule has 3 heteroatoms. The smallest absolute Gasteiger partial charge is 0.323 e. The van der Waals surface area contributed by atoms with Crippen LogP contribution in [0.25, 0.3) is 0 Å². The Morgan fingerprint density at radius 3 is 2.60 bits per heavy atom. The van der Waals surface area contributed by atoms with Crippen molar-refractivity contribution in [3.05, 3.63) is 0 Å². The summed E-state index contributed by atoms with van der Waals surface area (Å²) in [6.07, 6.45) is 4.42. The fraction of sp³-hybridized carbons (Fsp3) is 1.00. The molecule has 0 bridgehead atoms. The van der Waals surface area contributed by atoms with Crippen molar-refractivity contribution in [1.29, 1.82) is 0 Å². The Hall–Kier alpha value is -0.180. The highest BCUT2D eigenvalue weighted by molar-refractivity contribution is 4.72. The Bertz CT molecular complexity index is 87.6. The minimum atomic E-state index is -2.58. The minimum absolute atomic E-state index is 0.216. The van der Waals surface area contributed by atoms with Crippen LogP contribution in [0.15, 0.2) is 0 Å².